The van der Waals surface area contributed by atoms with Gasteiger partial charge in [-0.25, -0.2) is 31.5 Å². The van der Waals surface area contributed by atoms with E-state index in [0.717, 1.165) is 5.56 Å². The van der Waals surface area contributed by atoms with Crippen molar-refractivity contribution in [2.24, 2.45) is 0 Å². The molecule has 0 radical (unpaired) electrons. The first-order valence-corrected chi connectivity index (χ1v) is 12.0. The second-order valence-corrected chi connectivity index (χ2v) is 10.3. The number of nitrogens with one attached hydrogen (secondary N) is 2. The molecule has 0 spiro atoms. The van der Waals surface area contributed by atoms with Crippen LogP contribution in [0.3, 0.4) is 0 Å². The minimum absolute atomic E-state index is 0.0212. The van der Waals surface area contributed by atoms with Gasteiger partial charge in [0.2, 0.25) is 5.95 Å². The Balaban J connectivity index is 1.81. The minimum atomic E-state index is -3.92. The molecule has 158 valence electrons. The first-order chi connectivity index (χ1) is 14.0. The molecule has 30 heavy (non-hydrogen) atoms. The van der Waals surface area contributed by atoms with Crippen LogP contribution in [0.25, 0.3) is 0 Å². The number of rotatable bonds is 6. The lowest BCUT2D eigenvalue weighted by molar-refractivity contribution is 0.599. The smallest absolute Gasteiger partial charge is 0.264 e. The van der Waals surface area contributed by atoms with Crippen LogP contribution >= 0.6 is 0 Å². The summed E-state index contributed by atoms with van der Waals surface area (Å²) in [6.45, 7) is 7.08. The second-order valence-electron chi connectivity index (χ2n) is 6.98. The second kappa shape index (κ2) is 8.04. The zero-order chi connectivity index (χ0) is 22.1. The van der Waals surface area contributed by atoms with Crippen LogP contribution in [0.15, 0.2) is 58.3 Å². The summed E-state index contributed by atoms with van der Waals surface area (Å²) >= 11 is 0. The van der Waals surface area contributed by atoms with Gasteiger partial charge in [0.25, 0.3) is 20.0 Å². The van der Waals surface area contributed by atoms with Crippen LogP contribution in [0.2, 0.25) is 0 Å². The van der Waals surface area contributed by atoms with Crippen LogP contribution in [-0.2, 0) is 20.0 Å². The molecule has 0 atom stereocenters. The van der Waals surface area contributed by atoms with E-state index in [1.807, 2.05) is 6.92 Å². The van der Waals surface area contributed by atoms with Crippen molar-refractivity contribution in [1.82, 2.24) is 9.97 Å². The predicted octanol–water partition coefficient (Wildman–Crippen LogP) is 3.31. The maximum atomic E-state index is 12.7. The molecule has 8 nitrogen and oxygen atoms in total. The predicted molar refractivity (Wildman–Crippen MR) is 115 cm³/mol. The normalized spacial score (nSPS) is 11.9. The van der Waals surface area contributed by atoms with E-state index in [2.05, 4.69) is 19.4 Å². The summed E-state index contributed by atoms with van der Waals surface area (Å²) in [7, 11) is -7.73. The molecule has 1 heterocycles. The Labute approximate surface area is 176 Å². The number of hydrogen-bond donors (Lipinski definition) is 2. The number of anilines is 2. The van der Waals surface area contributed by atoms with Gasteiger partial charge in [0, 0.05) is 17.1 Å². The molecule has 0 fully saturated rings. The van der Waals surface area contributed by atoms with E-state index in [9.17, 15) is 16.8 Å². The first-order valence-electron chi connectivity index (χ1n) is 9.01. The molecule has 0 aliphatic heterocycles. The van der Waals surface area contributed by atoms with Gasteiger partial charge in [0.05, 0.1) is 9.79 Å². The van der Waals surface area contributed by atoms with Crippen LogP contribution in [0, 0.1) is 27.7 Å². The summed E-state index contributed by atoms with van der Waals surface area (Å²) in [5.74, 6) is -0.0212. The molecule has 0 aliphatic carbocycles. The van der Waals surface area contributed by atoms with Crippen LogP contribution in [-0.4, -0.2) is 26.8 Å². The van der Waals surface area contributed by atoms with Crippen molar-refractivity contribution in [3.05, 3.63) is 71.0 Å². The number of hydrogen-bond acceptors (Lipinski definition) is 6. The van der Waals surface area contributed by atoms with Crippen LogP contribution in [0.5, 0.6) is 0 Å². The van der Waals surface area contributed by atoms with E-state index in [4.69, 9.17) is 0 Å². The Morgan fingerprint density at radius 3 is 1.87 bits per heavy atom. The largest absolute Gasteiger partial charge is 0.280 e. The molecule has 3 aromatic rings. The molecule has 0 aliphatic rings. The Hall–Kier alpha value is -2.98. The lowest BCUT2D eigenvalue weighted by Gasteiger charge is -2.12. The number of aryl methyl sites for hydroxylation is 4. The van der Waals surface area contributed by atoms with Gasteiger partial charge in [-0.3, -0.25) is 4.72 Å². The van der Waals surface area contributed by atoms with Gasteiger partial charge in [-0.1, -0.05) is 17.7 Å². The van der Waals surface area contributed by atoms with Crippen molar-refractivity contribution >= 4 is 31.7 Å². The first kappa shape index (κ1) is 21.7. The van der Waals surface area contributed by atoms with Crippen LogP contribution in [0.1, 0.15) is 22.5 Å². The topological polar surface area (TPSA) is 118 Å². The lowest BCUT2D eigenvalue weighted by atomic mass is 10.2. The fourth-order valence-electron chi connectivity index (χ4n) is 2.96. The SMILES string of the molecule is Cc1ccc(S(=O)(=O)Nc2ccc(S(=O)(=O)Nc3nc(C)cc(C)n3)cc2)c(C)c1. The fourth-order valence-corrected chi connectivity index (χ4v) is 5.19. The number of aromatic nitrogens is 2. The van der Waals surface area contributed by atoms with E-state index in [1.54, 1.807) is 45.0 Å². The summed E-state index contributed by atoms with van der Waals surface area (Å²) < 4.78 is 55.3. The molecule has 1 aromatic heterocycles. The molecule has 0 saturated heterocycles. The van der Waals surface area contributed by atoms with Crippen molar-refractivity contribution in [3.63, 3.8) is 0 Å². The van der Waals surface area contributed by atoms with Gasteiger partial charge in [-0.15, -0.1) is 0 Å². The third-order valence-corrected chi connectivity index (χ3v) is 7.13. The summed E-state index contributed by atoms with van der Waals surface area (Å²) in [4.78, 5) is 8.25. The highest BCUT2D eigenvalue weighted by molar-refractivity contribution is 7.93. The third-order valence-electron chi connectivity index (χ3n) is 4.24. The molecule has 0 amide bonds. The number of nitrogens with zero attached hydrogens (tertiary/aromatic N) is 2. The molecular weight excluding hydrogens is 424 g/mol. The van der Waals surface area contributed by atoms with Crippen molar-refractivity contribution < 1.29 is 16.8 Å². The Morgan fingerprint density at radius 2 is 1.30 bits per heavy atom. The lowest BCUT2D eigenvalue weighted by Crippen LogP contribution is -2.16. The molecule has 10 heteroatoms. The molecule has 3 rings (SSSR count). The van der Waals surface area contributed by atoms with E-state index >= 15 is 0 Å². The van der Waals surface area contributed by atoms with Crippen LogP contribution < -0.4 is 9.44 Å². The Morgan fingerprint density at radius 1 is 0.700 bits per heavy atom. The maximum absolute atomic E-state index is 12.7. The van der Waals surface area contributed by atoms with Gasteiger partial charge in [-0.05, 0) is 69.7 Å². The van der Waals surface area contributed by atoms with Gasteiger partial charge < -0.3 is 0 Å². The highest BCUT2D eigenvalue weighted by atomic mass is 32.2. The molecule has 0 saturated carbocycles. The molecule has 2 aromatic carbocycles. The minimum Gasteiger partial charge on any atom is -0.280 e. The van der Waals surface area contributed by atoms with Crippen molar-refractivity contribution in [2.75, 3.05) is 9.44 Å². The number of benzene rings is 2. The Bertz CT molecular complexity index is 1280. The van der Waals surface area contributed by atoms with Crippen molar-refractivity contribution in [2.45, 2.75) is 37.5 Å². The zero-order valence-electron chi connectivity index (χ0n) is 17.0. The molecule has 0 bridgehead atoms. The molecule has 2 N–H and O–H groups in total. The fraction of sp³-hybridized carbons (Fsp3) is 0.200. The van der Waals surface area contributed by atoms with E-state index in [1.165, 1.54) is 24.3 Å². The third kappa shape index (κ3) is 4.95. The molecular formula is C20H22N4O4S2. The van der Waals surface area contributed by atoms with Gasteiger partial charge in [0.15, 0.2) is 0 Å². The highest BCUT2D eigenvalue weighted by Crippen LogP contribution is 2.22. The summed E-state index contributed by atoms with van der Waals surface area (Å²) in [5, 5.41) is 0. The van der Waals surface area contributed by atoms with Crippen LogP contribution in [0.4, 0.5) is 11.6 Å². The van der Waals surface area contributed by atoms with E-state index < -0.39 is 20.0 Å². The average Bonchev–Trinajstić information content (AvgIpc) is 2.60. The Kier molecular flexibility index (Phi) is 5.82. The van der Waals surface area contributed by atoms with Gasteiger partial charge >= 0.3 is 0 Å². The standard InChI is InChI=1S/C20H22N4O4S2/c1-13-5-10-19(14(2)11-13)30(27,28)23-17-6-8-18(9-7-17)29(25,26)24-20-21-15(3)12-16(4)22-20/h5-12,23H,1-4H3,(H,21,22,24). The maximum Gasteiger partial charge on any atom is 0.264 e. The van der Waals surface area contributed by atoms with E-state index in [-0.39, 0.29) is 21.4 Å². The highest BCUT2D eigenvalue weighted by Gasteiger charge is 2.19. The summed E-state index contributed by atoms with van der Waals surface area (Å²) in [6, 6.07) is 12.2. The molecule has 0 unspecified atom stereocenters. The average molecular weight is 447 g/mol. The van der Waals surface area contributed by atoms with Gasteiger partial charge in [0.1, 0.15) is 0 Å². The van der Waals surface area contributed by atoms with Crippen molar-refractivity contribution in [1.29, 1.82) is 0 Å². The monoisotopic (exact) mass is 446 g/mol. The van der Waals surface area contributed by atoms with E-state index in [0.29, 0.717) is 17.0 Å². The summed E-state index contributed by atoms with van der Waals surface area (Å²) in [6.07, 6.45) is 0. The van der Waals surface area contributed by atoms with Crippen molar-refractivity contribution in [3.8, 4) is 0 Å². The summed E-state index contributed by atoms with van der Waals surface area (Å²) in [5.41, 5.74) is 3.10. The van der Waals surface area contributed by atoms with Gasteiger partial charge in [-0.2, -0.15) is 0 Å². The number of sulfonamides is 2. The quantitative estimate of drug-likeness (QED) is 0.600. The zero-order valence-corrected chi connectivity index (χ0v) is 18.6.